The van der Waals surface area contributed by atoms with Crippen molar-refractivity contribution in [1.82, 2.24) is 20.1 Å². The highest BCUT2D eigenvalue weighted by molar-refractivity contribution is 7.98. The van der Waals surface area contributed by atoms with Gasteiger partial charge in [0.05, 0.1) is 17.5 Å². The Balaban J connectivity index is 1.43. The van der Waals surface area contributed by atoms with Crippen LogP contribution in [0, 0.1) is 5.82 Å². The van der Waals surface area contributed by atoms with Gasteiger partial charge in [-0.2, -0.15) is 4.98 Å². The third-order valence-electron chi connectivity index (χ3n) is 4.21. The summed E-state index contributed by atoms with van der Waals surface area (Å²) in [4.78, 5) is 13.6. The molecule has 5 rings (SSSR count). The number of furan rings is 1. The lowest BCUT2D eigenvalue weighted by Gasteiger charge is -2.06. The summed E-state index contributed by atoms with van der Waals surface area (Å²) in [5.41, 5.74) is 1.52. The molecule has 8 heteroatoms. The van der Waals surface area contributed by atoms with E-state index in [1.54, 1.807) is 24.5 Å². The first-order chi connectivity index (χ1) is 14.3. The van der Waals surface area contributed by atoms with E-state index in [0.29, 0.717) is 34.6 Å². The van der Waals surface area contributed by atoms with Crippen molar-refractivity contribution >= 4 is 22.7 Å². The second-order valence-electron chi connectivity index (χ2n) is 6.15. The van der Waals surface area contributed by atoms with Crippen LogP contribution in [-0.4, -0.2) is 20.1 Å². The Kier molecular flexibility index (Phi) is 4.53. The van der Waals surface area contributed by atoms with Gasteiger partial charge >= 0.3 is 0 Å². The molecular formula is C21H13FN4O2S. The molecule has 0 amide bonds. The molecule has 2 aromatic carbocycles. The highest BCUT2D eigenvalue weighted by Crippen LogP contribution is 2.30. The standard InChI is InChI=1S/C21H13FN4O2S/c22-14-9-7-13(8-10-14)19-24-18(28-26-19)12-29-21-15-4-1-2-5-16(15)23-20(25-21)17-6-3-11-27-17/h1-11H,12H2. The van der Waals surface area contributed by atoms with Crippen molar-refractivity contribution in [2.24, 2.45) is 0 Å². The fourth-order valence-corrected chi connectivity index (χ4v) is 3.69. The maximum absolute atomic E-state index is 13.1. The van der Waals surface area contributed by atoms with Crippen molar-refractivity contribution in [1.29, 1.82) is 0 Å². The van der Waals surface area contributed by atoms with E-state index in [4.69, 9.17) is 8.94 Å². The molecule has 0 atom stereocenters. The molecule has 142 valence electrons. The van der Waals surface area contributed by atoms with Crippen molar-refractivity contribution in [2.45, 2.75) is 10.8 Å². The normalized spacial score (nSPS) is 11.2. The van der Waals surface area contributed by atoms with Gasteiger partial charge in [-0.05, 0) is 42.5 Å². The van der Waals surface area contributed by atoms with Crippen LogP contribution in [0.15, 0.2) is 80.9 Å². The van der Waals surface area contributed by atoms with Gasteiger partial charge < -0.3 is 8.94 Å². The summed E-state index contributed by atoms with van der Waals surface area (Å²) in [7, 11) is 0. The first kappa shape index (κ1) is 17.6. The summed E-state index contributed by atoms with van der Waals surface area (Å²) >= 11 is 1.48. The Bertz CT molecular complexity index is 1270. The van der Waals surface area contributed by atoms with Crippen LogP contribution in [0.3, 0.4) is 0 Å². The van der Waals surface area contributed by atoms with Crippen LogP contribution in [0.25, 0.3) is 33.9 Å². The lowest BCUT2D eigenvalue weighted by molar-refractivity contribution is 0.391. The molecule has 0 radical (unpaired) electrons. The van der Waals surface area contributed by atoms with Gasteiger partial charge in [0.25, 0.3) is 0 Å². The zero-order chi connectivity index (χ0) is 19.6. The molecule has 0 unspecified atom stereocenters. The fourth-order valence-electron chi connectivity index (χ4n) is 2.83. The molecule has 0 spiro atoms. The van der Waals surface area contributed by atoms with Gasteiger partial charge in [0.1, 0.15) is 10.8 Å². The van der Waals surface area contributed by atoms with Crippen molar-refractivity contribution in [3.63, 3.8) is 0 Å². The highest BCUT2D eigenvalue weighted by Gasteiger charge is 2.14. The van der Waals surface area contributed by atoms with Gasteiger partial charge in [0, 0.05) is 10.9 Å². The van der Waals surface area contributed by atoms with E-state index in [1.165, 1.54) is 23.9 Å². The molecule has 0 saturated heterocycles. The molecule has 0 N–H and O–H groups in total. The number of aromatic nitrogens is 4. The van der Waals surface area contributed by atoms with Crippen LogP contribution < -0.4 is 0 Å². The van der Waals surface area contributed by atoms with Crippen molar-refractivity contribution in [3.8, 4) is 23.0 Å². The summed E-state index contributed by atoms with van der Waals surface area (Å²) in [6.45, 7) is 0. The van der Waals surface area contributed by atoms with Crippen LogP contribution >= 0.6 is 11.8 Å². The summed E-state index contributed by atoms with van der Waals surface area (Å²) in [6, 6.07) is 17.4. The summed E-state index contributed by atoms with van der Waals surface area (Å²) in [5.74, 6) is 2.13. The molecule has 0 aliphatic rings. The van der Waals surface area contributed by atoms with Crippen molar-refractivity contribution in [2.75, 3.05) is 0 Å². The molecule has 0 fully saturated rings. The topological polar surface area (TPSA) is 77.8 Å². The lowest BCUT2D eigenvalue weighted by Crippen LogP contribution is -1.93. The minimum Gasteiger partial charge on any atom is -0.461 e. The lowest BCUT2D eigenvalue weighted by atomic mass is 10.2. The van der Waals surface area contributed by atoms with E-state index in [2.05, 4.69) is 20.1 Å². The van der Waals surface area contributed by atoms with Gasteiger partial charge in [-0.3, -0.25) is 0 Å². The number of thioether (sulfide) groups is 1. The second kappa shape index (κ2) is 7.48. The Hall–Kier alpha value is -3.52. The smallest absolute Gasteiger partial charge is 0.237 e. The predicted molar refractivity (Wildman–Crippen MR) is 106 cm³/mol. The third kappa shape index (κ3) is 3.62. The molecule has 3 aromatic heterocycles. The van der Waals surface area contributed by atoms with Gasteiger partial charge in [0.2, 0.25) is 11.7 Å². The first-order valence-electron chi connectivity index (χ1n) is 8.78. The molecular weight excluding hydrogens is 391 g/mol. The molecule has 0 aliphatic carbocycles. The zero-order valence-electron chi connectivity index (χ0n) is 14.9. The van der Waals surface area contributed by atoms with Crippen LogP contribution in [0.5, 0.6) is 0 Å². The third-order valence-corrected chi connectivity index (χ3v) is 5.19. The van der Waals surface area contributed by atoms with Crippen LogP contribution in [0.1, 0.15) is 5.89 Å². The maximum Gasteiger partial charge on any atom is 0.237 e. The number of fused-ring (bicyclic) bond motifs is 1. The largest absolute Gasteiger partial charge is 0.461 e. The summed E-state index contributed by atoms with van der Waals surface area (Å²) < 4.78 is 23.9. The van der Waals surface area contributed by atoms with E-state index in [1.807, 2.05) is 30.3 Å². The molecule has 0 aliphatic heterocycles. The van der Waals surface area contributed by atoms with Crippen LogP contribution in [-0.2, 0) is 5.75 Å². The molecule has 29 heavy (non-hydrogen) atoms. The number of rotatable bonds is 5. The fraction of sp³-hybridized carbons (Fsp3) is 0.0476. The molecule has 6 nitrogen and oxygen atoms in total. The van der Waals surface area contributed by atoms with Gasteiger partial charge in [-0.25, -0.2) is 14.4 Å². The average Bonchev–Trinajstić information content (AvgIpc) is 3.45. The number of nitrogens with zero attached hydrogens (tertiary/aromatic N) is 4. The van der Waals surface area contributed by atoms with E-state index in [0.717, 1.165) is 15.9 Å². The Morgan fingerprint density at radius 2 is 1.72 bits per heavy atom. The second-order valence-corrected chi connectivity index (χ2v) is 7.12. The van der Waals surface area contributed by atoms with Crippen LogP contribution in [0.4, 0.5) is 4.39 Å². The minimum atomic E-state index is -0.309. The van der Waals surface area contributed by atoms with E-state index in [9.17, 15) is 4.39 Å². The SMILES string of the molecule is Fc1ccc(-c2noc(CSc3nc(-c4ccco4)nc4ccccc34)n2)cc1. The molecule has 3 heterocycles. The van der Waals surface area contributed by atoms with Gasteiger partial charge in [-0.15, -0.1) is 0 Å². The number of benzene rings is 2. The van der Waals surface area contributed by atoms with Crippen molar-refractivity contribution in [3.05, 3.63) is 78.6 Å². The first-order valence-corrected chi connectivity index (χ1v) is 9.77. The summed E-state index contributed by atoms with van der Waals surface area (Å²) in [6.07, 6.45) is 1.59. The Labute approximate surface area is 168 Å². The minimum absolute atomic E-state index is 0.309. The predicted octanol–water partition coefficient (Wildman–Crippen LogP) is 5.37. The van der Waals surface area contributed by atoms with Crippen LogP contribution in [0.2, 0.25) is 0 Å². The Morgan fingerprint density at radius 3 is 2.55 bits per heavy atom. The molecule has 0 bridgehead atoms. The summed E-state index contributed by atoms with van der Waals surface area (Å²) in [5, 5.41) is 5.71. The van der Waals surface area contributed by atoms with Gasteiger partial charge in [-0.1, -0.05) is 35.1 Å². The van der Waals surface area contributed by atoms with E-state index < -0.39 is 0 Å². The maximum atomic E-state index is 13.1. The number of halogens is 1. The van der Waals surface area contributed by atoms with E-state index in [-0.39, 0.29) is 5.82 Å². The average molecular weight is 404 g/mol. The van der Waals surface area contributed by atoms with Crippen molar-refractivity contribution < 1.29 is 13.3 Å². The molecule has 5 aromatic rings. The number of hydrogen-bond acceptors (Lipinski definition) is 7. The number of hydrogen-bond donors (Lipinski definition) is 0. The molecule has 0 saturated carbocycles. The monoisotopic (exact) mass is 404 g/mol. The van der Waals surface area contributed by atoms with E-state index >= 15 is 0 Å². The quantitative estimate of drug-likeness (QED) is 0.288. The zero-order valence-corrected chi connectivity index (χ0v) is 15.8. The number of para-hydroxylation sites is 1. The van der Waals surface area contributed by atoms with Gasteiger partial charge in [0.15, 0.2) is 11.6 Å². The Morgan fingerprint density at radius 1 is 0.862 bits per heavy atom. The highest BCUT2D eigenvalue weighted by atomic mass is 32.2.